The normalized spacial score (nSPS) is 12.0. The molecule has 1 aromatic carbocycles. The number of nitrogens with zero attached hydrogens (tertiary/aromatic N) is 2. The van der Waals surface area contributed by atoms with Crippen LogP contribution in [0, 0.1) is 13.8 Å². The summed E-state index contributed by atoms with van der Waals surface area (Å²) >= 11 is 1.55. The third-order valence-corrected chi connectivity index (χ3v) is 5.82. The third-order valence-electron chi connectivity index (χ3n) is 4.95. The maximum absolute atomic E-state index is 12.8. The second-order valence-electron chi connectivity index (χ2n) is 6.89. The number of rotatable bonds is 8. The second kappa shape index (κ2) is 9.06. The molecule has 1 atom stereocenters. The van der Waals surface area contributed by atoms with E-state index in [-0.39, 0.29) is 11.9 Å². The van der Waals surface area contributed by atoms with Crippen LogP contribution in [0.5, 0.6) is 5.75 Å². The fraction of sp³-hybridized carbons (Fsp3) is 0.364. The van der Waals surface area contributed by atoms with Gasteiger partial charge in [0.15, 0.2) is 5.76 Å². The van der Waals surface area contributed by atoms with E-state index >= 15 is 0 Å². The standard InChI is InChI=1S/C22H26N2O3S/c1-5-16(3)24(22(25)20-10-7-11-26-20)12-18-14-28-21(23-18)13-27-19-9-6-8-15(2)17(19)4/h6-11,14,16H,5,12-13H2,1-4H3/t16-/m1/s1. The van der Waals surface area contributed by atoms with Gasteiger partial charge in [0, 0.05) is 11.4 Å². The molecule has 6 heteroatoms. The predicted octanol–water partition coefficient (Wildman–Crippen LogP) is 5.37. The molecule has 1 amide bonds. The Morgan fingerprint density at radius 1 is 1.29 bits per heavy atom. The van der Waals surface area contributed by atoms with Crippen molar-refractivity contribution >= 4 is 17.2 Å². The van der Waals surface area contributed by atoms with E-state index in [1.165, 1.54) is 11.8 Å². The molecule has 0 saturated heterocycles. The number of ether oxygens (including phenoxy) is 1. The monoisotopic (exact) mass is 398 g/mol. The van der Waals surface area contributed by atoms with Gasteiger partial charge in [0.1, 0.15) is 17.4 Å². The van der Waals surface area contributed by atoms with Gasteiger partial charge in [-0.15, -0.1) is 11.3 Å². The molecule has 0 aliphatic rings. The summed E-state index contributed by atoms with van der Waals surface area (Å²) in [5, 5.41) is 2.89. The molecule has 148 valence electrons. The average molecular weight is 399 g/mol. The molecule has 0 aliphatic carbocycles. The Kier molecular flexibility index (Phi) is 6.52. The van der Waals surface area contributed by atoms with Crippen LogP contribution in [-0.2, 0) is 13.2 Å². The smallest absolute Gasteiger partial charge is 0.290 e. The number of thiazole rings is 1. The van der Waals surface area contributed by atoms with E-state index in [0.29, 0.717) is 18.9 Å². The van der Waals surface area contributed by atoms with Crippen molar-refractivity contribution in [3.63, 3.8) is 0 Å². The van der Waals surface area contributed by atoms with Crippen molar-refractivity contribution in [1.82, 2.24) is 9.88 Å². The average Bonchev–Trinajstić information content (AvgIpc) is 3.38. The summed E-state index contributed by atoms with van der Waals surface area (Å²) in [7, 11) is 0. The van der Waals surface area contributed by atoms with Gasteiger partial charge in [-0.25, -0.2) is 4.98 Å². The van der Waals surface area contributed by atoms with Crippen LogP contribution in [-0.4, -0.2) is 21.8 Å². The van der Waals surface area contributed by atoms with Crippen molar-refractivity contribution in [2.75, 3.05) is 0 Å². The number of benzene rings is 1. The second-order valence-corrected chi connectivity index (χ2v) is 7.83. The van der Waals surface area contributed by atoms with Crippen LogP contribution < -0.4 is 4.74 Å². The van der Waals surface area contributed by atoms with Crippen LogP contribution in [0.15, 0.2) is 46.4 Å². The van der Waals surface area contributed by atoms with Crippen LogP contribution in [0.2, 0.25) is 0 Å². The number of hydrogen-bond donors (Lipinski definition) is 0. The van der Waals surface area contributed by atoms with Crippen LogP contribution in [0.4, 0.5) is 0 Å². The SMILES string of the molecule is CC[C@@H](C)N(Cc1csc(COc2cccc(C)c2C)n1)C(=O)c1ccco1. The first-order chi connectivity index (χ1) is 13.5. The lowest BCUT2D eigenvalue weighted by atomic mass is 10.1. The molecule has 0 bridgehead atoms. The van der Waals surface area contributed by atoms with Gasteiger partial charge in [0.25, 0.3) is 5.91 Å². The van der Waals surface area contributed by atoms with E-state index in [4.69, 9.17) is 9.15 Å². The molecule has 28 heavy (non-hydrogen) atoms. The van der Waals surface area contributed by atoms with Crippen molar-refractivity contribution in [3.8, 4) is 5.75 Å². The number of hydrogen-bond acceptors (Lipinski definition) is 5. The van der Waals surface area contributed by atoms with Crippen molar-refractivity contribution in [2.24, 2.45) is 0 Å². The maximum Gasteiger partial charge on any atom is 0.290 e. The Morgan fingerprint density at radius 3 is 2.82 bits per heavy atom. The highest BCUT2D eigenvalue weighted by atomic mass is 32.1. The fourth-order valence-electron chi connectivity index (χ4n) is 2.87. The number of aryl methyl sites for hydroxylation is 1. The molecule has 3 aromatic rings. The summed E-state index contributed by atoms with van der Waals surface area (Å²) in [6.45, 7) is 9.11. The molecule has 0 N–H and O–H groups in total. The Balaban J connectivity index is 1.67. The minimum Gasteiger partial charge on any atom is -0.486 e. The zero-order valence-electron chi connectivity index (χ0n) is 16.8. The van der Waals surface area contributed by atoms with Crippen molar-refractivity contribution in [2.45, 2.75) is 53.3 Å². The minimum atomic E-state index is -0.111. The van der Waals surface area contributed by atoms with E-state index in [0.717, 1.165) is 28.4 Å². The maximum atomic E-state index is 12.8. The fourth-order valence-corrected chi connectivity index (χ4v) is 3.57. The van der Waals surface area contributed by atoms with Crippen molar-refractivity contribution < 1.29 is 13.9 Å². The summed E-state index contributed by atoms with van der Waals surface area (Å²) in [5.41, 5.74) is 3.22. The highest BCUT2D eigenvalue weighted by Gasteiger charge is 2.23. The minimum absolute atomic E-state index is 0.0916. The van der Waals surface area contributed by atoms with Gasteiger partial charge < -0.3 is 14.1 Å². The molecular weight excluding hydrogens is 372 g/mol. The summed E-state index contributed by atoms with van der Waals surface area (Å²) < 4.78 is 11.2. The Morgan fingerprint density at radius 2 is 2.11 bits per heavy atom. The Bertz CT molecular complexity index is 918. The predicted molar refractivity (Wildman–Crippen MR) is 111 cm³/mol. The van der Waals surface area contributed by atoms with Crippen LogP contribution >= 0.6 is 11.3 Å². The largest absolute Gasteiger partial charge is 0.486 e. The molecule has 3 rings (SSSR count). The van der Waals surface area contributed by atoms with Gasteiger partial charge in [-0.1, -0.05) is 19.1 Å². The zero-order valence-corrected chi connectivity index (χ0v) is 17.6. The van der Waals surface area contributed by atoms with Crippen LogP contribution in [0.25, 0.3) is 0 Å². The zero-order chi connectivity index (χ0) is 20.1. The van der Waals surface area contributed by atoms with Crippen LogP contribution in [0.1, 0.15) is 52.7 Å². The van der Waals surface area contributed by atoms with Gasteiger partial charge in [0.2, 0.25) is 0 Å². The quantitative estimate of drug-likeness (QED) is 0.512. The molecule has 0 saturated carbocycles. The molecule has 0 fully saturated rings. The summed E-state index contributed by atoms with van der Waals surface area (Å²) in [4.78, 5) is 19.3. The molecule has 2 heterocycles. The third kappa shape index (κ3) is 4.62. The lowest BCUT2D eigenvalue weighted by Crippen LogP contribution is -2.37. The molecule has 0 unspecified atom stereocenters. The van der Waals surface area contributed by atoms with Gasteiger partial charge in [-0.05, 0) is 56.5 Å². The molecule has 0 aliphatic heterocycles. The van der Waals surface area contributed by atoms with Gasteiger partial charge >= 0.3 is 0 Å². The first-order valence-corrected chi connectivity index (χ1v) is 10.3. The first kappa shape index (κ1) is 20.1. The topological polar surface area (TPSA) is 55.6 Å². The Labute approximate surface area is 170 Å². The van der Waals surface area contributed by atoms with Crippen molar-refractivity contribution in [1.29, 1.82) is 0 Å². The molecule has 0 spiro atoms. The summed E-state index contributed by atoms with van der Waals surface area (Å²) in [5.74, 6) is 1.13. The molecular formula is C22H26N2O3S. The van der Waals surface area contributed by atoms with E-state index in [9.17, 15) is 4.79 Å². The van der Waals surface area contributed by atoms with Crippen molar-refractivity contribution in [3.05, 3.63) is 69.6 Å². The number of amides is 1. The molecule has 5 nitrogen and oxygen atoms in total. The van der Waals surface area contributed by atoms with Gasteiger partial charge in [0.05, 0.1) is 18.5 Å². The number of aromatic nitrogens is 1. The lowest BCUT2D eigenvalue weighted by molar-refractivity contribution is 0.0636. The van der Waals surface area contributed by atoms with E-state index in [1.54, 1.807) is 23.5 Å². The van der Waals surface area contributed by atoms with Gasteiger partial charge in [-0.3, -0.25) is 4.79 Å². The lowest BCUT2D eigenvalue weighted by Gasteiger charge is -2.27. The first-order valence-electron chi connectivity index (χ1n) is 9.46. The highest BCUT2D eigenvalue weighted by Crippen LogP contribution is 2.23. The summed E-state index contributed by atoms with van der Waals surface area (Å²) in [6, 6.07) is 9.56. The van der Waals surface area contributed by atoms with E-state index < -0.39 is 0 Å². The van der Waals surface area contributed by atoms with E-state index in [2.05, 4.69) is 31.8 Å². The summed E-state index contributed by atoms with van der Waals surface area (Å²) in [6.07, 6.45) is 2.38. The number of carbonyl (C=O) groups is 1. The molecule has 2 aromatic heterocycles. The van der Waals surface area contributed by atoms with Crippen LogP contribution in [0.3, 0.4) is 0 Å². The highest BCUT2D eigenvalue weighted by molar-refractivity contribution is 7.09. The molecule has 0 radical (unpaired) electrons. The van der Waals surface area contributed by atoms with E-state index in [1.807, 2.05) is 29.3 Å². The number of furan rings is 1. The van der Waals surface area contributed by atoms with Gasteiger partial charge in [-0.2, -0.15) is 0 Å². The number of carbonyl (C=O) groups excluding carboxylic acids is 1. The Hall–Kier alpha value is -2.60.